The number of hydrogen-bond donors (Lipinski definition) is 2. The molecule has 6 heteroatoms. The van der Waals surface area contributed by atoms with Gasteiger partial charge in [0.25, 0.3) is 5.91 Å². The van der Waals surface area contributed by atoms with Crippen molar-refractivity contribution in [3.63, 3.8) is 0 Å². The molecule has 0 radical (unpaired) electrons. The molecule has 0 aromatic heterocycles. The monoisotopic (exact) mass is 310 g/mol. The minimum absolute atomic E-state index is 0.110. The van der Waals surface area contributed by atoms with Crippen LogP contribution >= 0.6 is 11.6 Å². The van der Waals surface area contributed by atoms with Crippen LogP contribution in [0, 0.1) is 18.6 Å². The molecule has 0 saturated heterocycles. The zero-order chi connectivity index (χ0) is 15.6. The Morgan fingerprint density at radius 1 is 1.14 bits per heavy atom. The largest absolute Gasteiger partial charge is 0.383 e. The van der Waals surface area contributed by atoms with E-state index in [1.165, 1.54) is 7.05 Å². The van der Waals surface area contributed by atoms with Gasteiger partial charge in [0.05, 0.1) is 0 Å². The minimum atomic E-state index is -0.829. The maximum absolute atomic E-state index is 13.6. The van der Waals surface area contributed by atoms with Crippen LogP contribution in [0.15, 0.2) is 30.3 Å². The zero-order valence-corrected chi connectivity index (χ0v) is 12.2. The van der Waals surface area contributed by atoms with Crippen molar-refractivity contribution < 1.29 is 13.6 Å². The van der Waals surface area contributed by atoms with Gasteiger partial charge < -0.3 is 10.6 Å². The van der Waals surface area contributed by atoms with Gasteiger partial charge in [-0.1, -0.05) is 17.7 Å². The fraction of sp³-hybridized carbons (Fsp3) is 0.133. The quantitative estimate of drug-likeness (QED) is 0.891. The molecule has 3 nitrogen and oxygen atoms in total. The lowest BCUT2D eigenvalue weighted by molar-refractivity contribution is 0.102. The summed E-state index contributed by atoms with van der Waals surface area (Å²) in [4.78, 5) is 12.0. The third kappa shape index (κ3) is 3.31. The summed E-state index contributed by atoms with van der Waals surface area (Å²) in [6.07, 6.45) is 0. The maximum Gasteiger partial charge on any atom is 0.255 e. The summed E-state index contributed by atoms with van der Waals surface area (Å²) >= 11 is 5.95. The molecule has 0 aliphatic carbocycles. The van der Waals surface area contributed by atoms with E-state index < -0.39 is 17.5 Å². The van der Waals surface area contributed by atoms with Gasteiger partial charge in [-0.15, -0.1) is 0 Å². The van der Waals surface area contributed by atoms with E-state index >= 15 is 0 Å². The molecular formula is C15H13ClF2N2O. The van der Waals surface area contributed by atoms with Gasteiger partial charge in [-0.3, -0.25) is 4.79 Å². The number of rotatable bonds is 3. The Morgan fingerprint density at radius 3 is 2.29 bits per heavy atom. The predicted octanol–water partition coefficient (Wildman–Crippen LogP) is 4.22. The summed E-state index contributed by atoms with van der Waals surface area (Å²) in [5.41, 5.74) is 0.935. The van der Waals surface area contributed by atoms with Crippen LogP contribution in [0.3, 0.4) is 0 Å². The number of anilines is 2. The summed E-state index contributed by atoms with van der Waals surface area (Å²) in [5, 5.41) is 5.43. The van der Waals surface area contributed by atoms with E-state index in [1.54, 1.807) is 18.2 Å². The van der Waals surface area contributed by atoms with Gasteiger partial charge in [0, 0.05) is 23.3 Å². The highest BCUT2D eigenvalue weighted by Crippen LogP contribution is 2.23. The third-order valence-corrected chi connectivity index (χ3v) is 3.39. The Balaban J connectivity index is 2.26. The Morgan fingerprint density at radius 2 is 1.76 bits per heavy atom. The molecule has 2 aromatic rings. The van der Waals surface area contributed by atoms with E-state index in [9.17, 15) is 13.6 Å². The first-order chi connectivity index (χ1) is 9.92. The van der Waals surface area contributed by atoms with Crippen LogP contribution in [0.5, 0.6) is 0 Å². The molecule has 2 aromatic carbocycles. The molecule has 0 unspecified atom stereocenters. The molecule has 0 fully saturated rings. The van der Waals surface area contributed by atoms with E-state index in [0.717, 1.165) is 17.7 Å². The number of amides is 1. The fourth-order valence-corrected chi connectivity index (χ4v) is 2.00. The maximum atomic E-state index is 13.6. The summed E-state index contributed by atoms with van der Waals surface area (Å²) in [7, 11) is 1.40. The predicted molar refractivity (Wildman–Crippen MR) is 80.0 cm³/mol. The van der Waals surface area contributed by atoms with Crippen molar-refractivity contribution in [3.05, 3.63) is 58.1 Å². The molecule has 1 amide bonds. The summed E-state index contributed by atoms with van der Waals surface area (Å²) in [6, 6.07) is 6.92. The second-order valence-electron chi connectivity index (χ2n) is 4.48. The van der Waals surface area contributed by atoms with Gasteiger partial charge in [-0.05, 0) is 36.8 Å². The van der Waals surface area contributed by atoms with Gasteiger partial charge in [0.15, 0.2) is 0 Å². The van der Waals surface area contributed by atoms with Crippen molar-refractivity contribution in [2.75, 3.05) is 17.7 Å². The van der Waals surface area contributed by atoms with Gasteiger partial charge in [0.1, 0.15) is 17.3 Å². The van der Waals surface area contributed by atoms with Gasteiger partial charge in [-0.2, -0.15) is 0 Å². The van der Waals surface area contributed by atoms with Crippen LogP contribution in [0.1, 0.15) is 15.9 Å². The van der Waals surface area contributed by atoms with Crippen molar-refractivity contribution in [3.8, 4) is 0 Å². The Hall–Kier alpha value is -2.14. The van der Waals surface area contributed by atoms with E-state index in [-0.39, 0.29) is 11.3 Å². The topological polar surface area (TPSA) is 41.1 Å². The molecule has 2 rings (SSSR count). The van der Waals surface area contributed by atoms with E-state index in [4.69, 9.17) is 11.6 Å². The Bertz CT molecular complexity index is 681. The normalized spacial score (nSPS) is 10.3. The fourth-order valence-electron chi connectivity index (χ4n) is 1.82. The number of aryl methyl sites for hydroxylation is 1. The zero-order valence-electron chi connectivity index (χ0n) is 11.4. The van der Waals surface area contributed by atoms with Crippen molar-refractivity contribution in [1.82, 2.24) is 0 Å². The van der Waals surface area contributed by atoms with Gasteiger partial charge >= 0.3 is 0 Å². The first-order valence-corrected chi connectivity index (χ1v) is 6.54. The number of hydrogen-bond acceptors (Lipinski definition) is 2. The molecule has 21 heavy (non-hydrogen) atoms. The molecule has 0 spiro atoms. The second-order valence-corrected chi connectivity index (χ2v) is 4.89. The van der Waals surface area contributed by atoms with Crippen LogP contribution in [-0.4, -0.2) is 13.0 Å². The lowest BCUT2D eigenvalue weighted by atomic mass is 10.1. The number of benzene rings is 2. The first kappa shape index (κ1) is 15.3. The van der Waals surface area contributed by atoms with Crippen molar-refractivity contribution in [2.24, 2.45) is 0 Å². The Kier molecular flexibility index (Phi) is 4.43. The van der Waals surface area contributed by atoms with Crippen LogP contribution < -0.4 is 10.6 Å². The average Bonchev–Trinajstić information content (AvgIpc) is 2.42. The number of halogens is 3. The van der Waals surface area contributed by atoms with Crippen molar-refractivity contribution >= 4 is 28.9 Å². The average molecular weight is 311 g/mol. The molecule has 0 saturated carbocycles. The smallest absolute Gasteiger partial charge is 0.255 e. The molecule has 2 N–H and O–H groups in total. The standard InChI is InChI=1S/C15H13ClF2N2O/c1-8-3-4-10(7-11(8)16)20-15(21)9-5-12(17)14(19-2)13(18)6-9/h3-7,19H,1-2H3,(H,20,21). The van der Waals surface area contributed by atoms with Crippen LogP contribution in [0.4, 0.5) is 20.2 Å². The minimum Gasteiger partial charge on any atom is -0.383 e. The highest BCUT2D eigenvalue weighted by Gasteiger charge is 2.14. The highest BCUT2D eigenvalue weighted by atomic mass is 35.5. The van der Waals surface area contributed by atoms with Crippen LogP contribution in [-0.2, 0) is 0 Å². The lowest BCUT2D eigenvalue weighted by Crippen LogP contribution is -2.13. The van der Waals surface area contributed by atoms with Crippen molar-refractivity contribution in [2.45, 2.75) is 6.92 Å². The van der Waals surface area contributed by atoms with Crippen LogP contribution in [0.25, 0.3) is 0 Å². The number of nitrogens with one attached hydrogen (secondary N) is 2. The molecule has 0 atom stereocenters. The first-order valence-electron chi connectivity index (χ1n) is 6.16. The van der Waals surface area contributed by atoms with Crippen LogP contribution in [0.2, 0.25) is 5.02 Å². The van der Waals surface area contributed by atoms with Gasteiger partial charge in [0.2, 0.25) is 0 Å². The Labute approximate surface area is 125 Å². The van der Waals surface area contributed by atoms with E-state index in [1.807, 2.05) is 6.92 Å². The number of carbonyl (C=O) groups is 1. The SMILES string of the molecule is CNc1c(F)cc(C(=O)Nc2ccc(C)c(Cl)c2)cc1F. The summed E-state index contributed by atoms with van der Waals surface area (Å²) in [5.74, 6) is -2.27. The summed E-state index contributed by atoms with van der Waals surface area (Å²) < 4.78 is 27.2. The molecule has 0 heterocycles. The van der Waals surface area contributed by atoms with E-state index in [2.05, 4.69) is 10.6 Å². The van der Waals surface area contributed by atoms with E-state index in [0.29, 0.717) is 10.7 Å². The molecule has 110 valence electrons. The third-order valence-electron chi connectivity index (χ3n) is 2.98. The lowest BCUT2D eigenvalue weighted by Gasteiger charge is -2.09. The second kappa shape index (κ2) is 6.10. The highest BCUT2D eigenvalue weighted by molar-refractivity contribution is 6.31. The van der Waals surface area contributed by atoms with Gasteiger partial charge in [-0.25, -0.2) is 8.78 Å². The van der Waals surface area contributed by atoms with Crippen molar-refractivity contribution in [1.29, 1.82) is 0 Å². The number of carbonyl (C=O) groups excluding carboxylic acids is 1. The molecule has 0 aliphatic heterocycles. The molecular weight excluding hydrogens is 298 g/mol. The molecule has 0 aliphatic rings. The summed E-state index contributed by atoms with van der Waals surface area (Å²) in [6.45, 7) is 1.83. The molecule has 0 bridgehead atoms.